The fraction of sp³-hybridized carbons (Fsp3) is 0.0870. The summed E-state index contributed by atoms with van der Waals surface area (Å²) in [5.41, 5.74) is 0.671. The molecule has 4 rings (SSSR count). The number of Topliss-reactive ketones (excluding diaryl/α,β-unsaturated/α-hetero) is 2. The molecule has 2 N–H and O–H groups in total. The number of benzene rings is 3. The Hall–Kier alpha value is -3.73. The van der Waals surface area contributed by atoms with Gasteiger partial charge in [0.2, 0.25) is 17.2 Å². The Morgan fingerprint density at radius 1 is 0.750 bits per heavy atom. The van der Waals surface area contributed by atoms with Crippen LogP contribution in [0.5, 0.6) is 0 Å². The lowest BCUT2D eigenvalue weighted by Gasteiger charge is -2.29. The van der Waals surface area contributed by atoms with Crippen molar-refractivity contribution in [2.75, 3.05) is 5.32 Å². The lowest BCUT2D eigenvalue weighted by atomic mass is 10.0. The molecular formula is C23H18N2O3. The molecule has 3 aromatic rings. The van der Waals surface area contributed by atoms with E-state index in [1.54, 1.807) is 66.7 Å². The molecule has 0 saturated carbocycles. The van der Waals surface area contributed by atoms with Crippen molar-refractivity contribution in [1.82, 2.24) is 5.32 Å². The zero-order valence-corrected chi connectivity index (χ0v) is 15.2. The molecule has 0 aliphatic heterocycles. The fourth-order valence-electron chi connectivity index (χ4n) is 3.33. The summed E-state index contributed by atoms with van der Waals surface area (Å²) in [5.74, 6) is -1.45. The van der Waals surface area contributed by atoms with E-state index in [0.29, 0.717) is 22.4 Å². The van der Waals surface area contributed by atoms with Gasteiger partial charge in [-0.25, -0.2) is 0 Å². The summed E-state index contributed by atoms with van der Waals surface area (Å²) >= 11 is 0. The molecule has 0 heterocycles. The second-order valence-electron chi connectivity index (χ2n) is 6.77. The molecule has 5 nitrogen and oxygen atoms in total. The predicted octanol–water partition coefficient (Wildman–Crippen LogP) is 3.61. The van der Waals surface area contributed by atoms with Crippen LogP contribution in [0.3, 0.4) is 0 Å². The van der Waals surface area contributed by atoms with Crippen LogP contribution in [-0.4, -0.2) is 23.1 Å². The molecule has 0 unspecified atom stereocenters. The van der Waals surface area contributed by atoms with E-state index in [1.807, 2.05) is 19.1 Å². The van der Waals surface area contributed by atoms with Crippen molar-refractivity contribution in [3.8, 4) is 0 Å². The zero-order chi connectivity index (χ0) is 19.7. The quantitative estimate of drug-likeness (QED) is 0.543. The average molecular weight is 370 g/mol. The van der Waals surface area contributed by atoms with Gasteiger partial charge < -0.3 is 10.6 Å². The van der Waals surface area contributed by atoms with E-state index in [2.05, 4.69) is 10.6 Å². The van der Waals surface area contributed by atoms with Crippen molar-refractivity contribution in [2.45, 2.75) is 12.6 Å². The van der Waals surface area contributed by atoms with Crippen LogP contribution in [0.15, 0.2) is 78.9 Å². The number of aryl methyl sites for hydroxylation is 1. The van der Waals surface area contributed by atoms with Crippen LogP contribution < -0.4 is 10.6 Å². The van der Waals surface area contributed by atoms with E-state index in [1.165, 1.54) is 0 Å². The van der Waals surface area contributed by atoms with Crippen LogP contribution in [-0.2, 0) is 0 Å². The van der Waals surface area contributed by atoms with Crippen molar-refractivity contribution in [2.24, 2.45) is 0 Å². The van der Waals surface area contributed by atoms with Crippen LogP contribution in [0, 0.1) is 6.92 Å². The van der Waals surface area contributed by atoms with Gasteiger partial charge in [-0.05, 0) is 31.2 Å². The number of hydrogen-bond acceptors (Lipinski definition) is 4. The molecule has 0 atom stereocenters. The number of amides is 1. The van der Waals surface area contributed by atoms with Gasteiger partial charge in [0.1, 0.15) is 0 Å². The van der Waals surface area contributed by atoms with E-state index in [4.69, 9.17) is 0 Å². The van der Waals surface area contributed by atoms with E-state index in [-0.39, 0.29) is 0 Å². The first-order valence-corrected chi connectivity index (χ1v) is 8.92. The third-order valence-electron chi connectivity index (χ3n) is 4.82. The van der Waals surface area contributed by atoms with E-state index in [9.17, 15) is 14.4 Å². The third kappa shape index (κ3) is 2.87. The monoisotopic (exact) mass is 370 g/mol. The van der Waals surface area contributed by atoms with Crippen LogP contribution in [0.2, 0.25) is 0 Å². The smallest absolute Gasteiger partial charge is 0.253 e. The minimum Gasteiger partial charge on any atom is -0.350 e. The van der Waals surface area contributed by atoms with E-state index in [0.717, 1.165) is 5.56 Å². The SMILES string of the molecule is Cc1ccc(NC2(NC(=O)c3ccccc3)C(=O)c3ccccc3C2=O)cc1. The van der Waals surface area contributed by atoms with Gasteiger partial charge in [-0.3, -0.25) is 14.4 Å². The van der Waals surface area contributed by atoms with E-state index < -0.39 is 23.1 Å². The van der Waals surface area contributed by atoms with Gasteiger partial charge in [0.25, 0.3) is 5.91 Å². The van der Waals surface area contributed by atoms with Crippen molar-refractivity contribution < 1.29 is 14.4 Å². The maximum Gasteiger partial charge on any atom is 0.253 e. The Bertz CT molecular complexity index is 1040. The highest BCUT2D eigenvalue weighted by molar-refractivity contribution is 6.35. The standard InChI is InChI=1S/C23H18N2O3/c1-15-11-13-17(14-12-15)24-23(25-22(28)16-7-3-2-4-8-16)20(26)18-9-5-6-10-19(18)21(23)27/h2-14,24H,1H3,(H,25,28). The van der Waals surface area contributed by atoms with Gasteiger partial charge in [-0.1, -0.05) is 60.2 Å². The Balaban J connectivity index is 1.78. The summed E-state index contributed by atoms with van der Waals surface area (Å²) in [5, 5.41) is 5.67. The minimum atomic E-state index is -1.88. The first kappa shape index (κ1) is 17.7. The second kappa shape index (κ2) is 6.78. The summed E-state index contributed by atoms with van der Waals surface area (Å²) in [6, 6.07) is 22.4. The zero-order valence-electron chi connectivity index (χ0n) is 15.2. The highest BCUT2D eigenvalue weighted by atomic mass is 16.2. The molecule has 28 heavy (non-hydrogen) atoms. The molecule has 0 saturated heterocycles. The Kier molecular flexibility index (Phi) is 4.28. The fourth-order valence-corrected chi connectivity index (χ4v) is 3.33. The van der Waals surface area contributed by atoms with Crippen LogP contribution in [0.25, 0.3) is 0 Å². The van der Waals surface area contributed by atoms with Gasteiger partial charge in [0, 0.05) is 22.4 Å². The van der Waals surface area contributed by atoms with Crippen molar-refractivity contribution in [3.05, 3.63) is 101 Å². The van der Waals surface area contributed by atoms with Crippen LogP contribution >= 0.6 is 0 Å². The van der Waals surface area contributed by atoms with Crippen molar-refractivity contribution in [1.29, 1.82) is 0 Å². The number of nitrogens with one attached hydrogen (secondary N) is 2. The Labute approximate surface area is 162 Å². The van der Waals surface area contributed by atoms with Gasteiger partial charge in [-0.2, -0.15) is 0 Å². The summed E-state index contributed by atoms with van der Waals surface area (Å²) in [6.07, 6.45) is 0. The molecule has 1 aliphatic carbocycles. The first-order valence-electron chi connectivity index (χ1n) is 8.92. The normalized spacial score (nSPS) is 14.5. The first-order chi connectivity index (χ1) is 13.5. The molecule has 3 aromatic carbocycles. The number of anilines is 1. The van der Waals surface area contributed by atoms with E-state index >= 15 is 0 Å². The number of carbonyl (C=O) groups excluding carboxylic acids is 3. The molecule has 0 radical (unpaired) electrons. The molecule has 0 bridgehead atoms. The number of carbonyl (C=O) groups is 3. The number of hydrogen-bond donors (Lipinski definition) is 2. The van der Waals surface area contributed by atoms with Gasteiger partial charge in [0.15, 0.2) is 0 Å². The maximum atomic E-state index is 13.3. The van der Waals surface area contributed by atoms with Crippen LogP contribution in [0.4, 0.5) is 5.69 Å². The second-order valence-corrected chi connectivity index (χ2v) is 6.77. The Morgan fingerprint density at radius 3 is 1.86 bits per heavy atom. The molecule has 5 heteroatoms. The predicted molar refractivity (Wildman–Crippen MR) is 107 cm³/mol. The molecule has 1 amide bonds. The van der Waals surface area contributed by atoms with Crippen molar-refractivity contribution >= 4 is 23.2 Å². The largest absolute Gasteiger partial charge is 0.350 e. The third-order valence-corrected chi connectivity index (χ3v) is 4.82. The number of fused-ring (bicyclic) bond motifs is 1. The number of ketones is 2. The lowest BCUT2D eigenvalue weighted by Crippen LogP contribution is -2.62. The molecule has 138 valence electrons. The topological polar surface area (TPSA) is 75.3 Å². The van der Waals surface area contributed by atoms with Crippen molar-refractivity contribution in [3.63, 3.8) is 0 Å². The summed E-state index contributed by atoms with van der Waals surface area (Å²) < 4.78 is 0. The maximum absolute atomic E-state index is 13.3. The minimum absolute atomic E-state index is 0.292. The lowest BCUT2D eigenvalue weighted by molar-refractivity contribution is 0.0726. The average Bonchev–Trinajstić information content (AvgIpc) is 2.93. The highest BCUT2D eigenvalue weighted by Crippen LogP contribution is 2.32. The summed E-state index contributed by atoms with van der Waals surface area (Å²) in [6.45, 7) is 1.94. The summed E-state index contributed by atoms with van der Waals surface area (Å²) in [7, 11) is 0. The van der Waals surface area contributed by atoms with Gasteiger partial charge >= 0.3 is 0 Å². The molecule has 0 fully saturated rings. The molecule has 1 aliphatic rings. The number of rotatable bonds is 4. The van der Waals surface area contributed by atoms with Gasteiger partial charge in [-0.15, -0.1) is 0 Å². The molecule has 0 spiro atoms. The van der Waals surface area contributed by atoms with Gasteiger partial charge in [0.05, 0.1) is 0 Å². The highest BCUT2D eigenvalue weighted by Gasteiger charge is 2.54. The molecular weight excluding hydrogens is 352 g/mol. The molecule has 0 aromatic heterocycles. The Morgan fingerprint density at radius 2 is 1.29 bits per heavy atom. The van der Waals surface area contributed by atoms with Crippen LogP contribution in [0.1, 0.15) is 36.6 Å². The summed E-state index contributed by atoms with van der Waals surface area (Å²) in [4.78, 5) is 39.4.